The smallest absolute Gasteiger partial charge is 0.184 e. The number of carbonyl (C=O) groups is 3. The van der Waals surface area contributed by atoms with Gasteiger partial charge in [0.15, 0.2) is 28.8 Å². The molecule has 6 nitrogen and oxygen atoms in total. The number of phenols is 2. The fraction of sp³-hybridized carbons (Fsp3) is 0.500. The SMILES string of the molecule is CC(C)=CCC[C@@H](C)/C=C\[C@@H]1C[C@@H]2C(=O)C(=C(O)c3ccc(O)c(O)c3)C(=O)[C@@](CC=C(C)C)(C2=O)[C@@]1(C)CCC=C(C)C. The maximum Gasteiger partial charge on any atom is 0.184 e. The second-order valence-electron chi connectivity index (χ2n) is 13.7. The minimum Gasteiger partial charge on any atom is -0.506 e. The lowest BCUT2D eigenvalue weighted by Gasteiger charge is -2.57. The van der Waals surface area contributed by atoms with Crippen LogP contribution in [0.4, 0.5) is 0 Å². The van der Waals surface area contributed by atoms with E-state index in [9.17, 15) is 29.7 Å². The average Bonchev–Trinajstić information content (AvgIpc) is 2.93. The maximum absolute atomic E-state index is 14.8. The van der Waals surface area contributed by atoms with Crippen molar-refractivity contribution in [1.82, 2.24) is 0 Å². The summed E-state index contributed by atoms with van der Waals surface area (Å²) in [7, 11) is 0. The number of aliphatic hydroxyl groups is 1. The zero-order valence-electron chi connectivity index (χ0n) is 27.7. The first-order valence-corrected chi connectivity index (χ1v) is 15.7. The number of Topliss-reactive ketones (excluding diaryl/α,β-unsaturated/α-hetero) is 3. The maximum atomic E-state index is 14.8. The number of allylic oxidation sites excluding steroid dienone is 9. The van der Waals surface area contributed by atoms with E-state index in [4.69, 9.17) is 0 Å². The van der Waals surface area contributed by atoms with Gasteiger partial charge in [-0.2, -0.15) is 0 Å². The number of aromatic hydroxyl groups is 2. The first kappa shape index (κ1) is 34.8. The summed E-state index contributed by atoms with van der Waals surface area (Å²) in [6.45, 7) is 16.2. The Bertz CT molecular complexity index is 1440. The molecule has 3 N–H and O–H groups in total. The molecule has 0 heterocycles. The Kier molecular flexibility index (Phi) is 11.0. The third kappa shape index (κ3) is 6.85. The third-order valence-corrected chi connectivity index (χ3v) is 9.56. The highest BCUT2D eigenvalue weighted by atomic mass is 16.3. The minimum atomic E-state index is -1.57. The van der Waals surface area contributed by atoms with Crippen molar-refractivity contribution in [2.45, 2.75) is 93.9 Å². The second kappa shape index (κ2) is 14.0. The Balaban J connectivity index is 2.26. The Morgan fingerprint density at radius 3 is 2.14 bits per heavy atom. The molecule has 0 saturated heterocycles. The predicted octanol–water partition coefficient (Wildman–Crippen LogP) is 8.76. The molecule has 0 spiro atoms. The van der Waals surface area contributed by atoms with Crippen molar-refractivity contribution < 1.29 is 29.7 Å². The quantitative estimate of drug-likeness (QED) is 0.0583. The van der Waals surface area contributed by atoms with Crippen molar-refractivity contribution in [1.29, 1.82) is 0 Å². The molecule has 1 aromatic carbocycles. The molecule has 0 aromatic heterocycles. The topological polar surface area (TPSA) is 112 Å². The molecule has 0 amide bonds. The molecule has 44 heavy (non-hydrogen) atoms. The van der Waals surface area contributed by atoms with Crippen LogP contribution in [0.1, 0.15) is 99.5 Å². The molecule has 1 aromatic rings. The molecule has 2 saturated carbocycles. The monoisotopic (exact) mass is 602 g/mol. The summed E-state index contributed by atoms with van der Waals surface area (Å²) in [5, 5.41) is 31.3. The van der Waals surface area contributed by atoms with Gasteiger partial charge in [-0.25, -0.2) is 0 Å². The van der Waals surface area contributed by atoms with Crippen LogP contribution in [0.15, 0.2) is 70.9 Å². The van der Waals surface area contributed by atoms with Gasteiger partial charge < -0.3 is 15.3 Å². The largest absolute Gasteiger partial charge is 0.506 e. The van der Waals surface area contributed by atoms with E-state index in [1.165, 1.54) is 17.7 Å². The number of phenolic OH excluding ortho intramolecular Hbond substituents is 2. The van der Waals surface area contributed by atoms with Gasteiger partial charge in [-0.15, -0.1) is 0 Å². The van der Waals surface area contributed by atoms with Crippen LogP contribution in [0.25, 0.3) is 5.76 Å². The first-order valence-electron chi connectivity index (χ1n) is 15.7. The van der Waals surface area contributed by atoms with E-state index in [1.54, 1.807) is 0 Å². The van der Waals surface area contributed by atoms with Gasteiger partial charge in [-0.3, -0.25) is 14.4 Å². The van der Waals surface area contributed by atoms with Gasteiger partial charge in [0, 0.05) is 5.56 Å². The molecule has 2 fully saturated rings. The number of benzene rings is 1. The number of aliphatic hydroxyl groups excluding tert-OH is 1. The number of hydrogen-bond acceptors (Lipinski definition) is 6. The zero-order chi connectivity index (χ0) is 33.0. The van der Waals surface area contributed by atoms with Crippen LogP contribution < -0.4 is 0 Å². The Labute approximate surface area is 263 Å². The number of fused-ring (bicyclic) bond motifs is 2. The van der Waals surface area contributed by atoms with Crippen molar-refractivity contribution in [2.24, 2.45) is 28.6 Å². The molecule has 0 unspecified atom stereocenters. The van der Waals surface area contributed by atoms with Crippen molar-refractivity contribution in [3.63, 3.8) is 0 Å². The Hall–Kier alpha value is -3.67. The van der Waals surface area contributed by atoms with Crippen LogP contribution >= 0.6 is 0 Å². The van der Waals surface area contributed by atoms with Crippen LogP contribution in [0.3, 0.4) is 0 Å². The van der Waals surface area contributed by atoms with Crippen LogP contribution in [0.2, 0.25) is 0 Å². The summed E-state index contributed by atoms with van der Waals surface area (Å²) in [5.41, 5.74) is 0.571. The summed E-state index contributed by atoms with van der Waals surface area (Å²) >= 11 is 0. The summed E-state index contributed by atoms with van der Waals surface area (Å²) in [6.07, 6.45) is 14.0. The van der Waals surface area contributed by atoms with Crippen LogP contribution in [-0.2, 0) is 14.4 Å². The number of hydrogen-bond donors (Lipinski definition) is 3. The van der Waals surface area contributed by atoms with E-state index in [1.807, 2.05) is 40.7 Å². The van der Waals surface area contributed by atoms with Gasteiger partial charge in [0.1, 0.15) is 16.7 Å². The lowest BCUT2D eigenvalue weighted by atomic mass is 9.42. The van der Waals surface area contributed by atoms with Crippen LogP contribution in [-0.4, -0.2) is 32.7 Å². The van der Waals surface area contributed by atoms with Gasteiger partial charge >= 0.3 is 0 Å². The molecule has 5 atom stereocenters. The summed E-state index contributed by atoms with van der Waals surface area (Å²) in [5.74, 6) is -4.20. The molecule has 2 aliphatic carbocycles. The Morgan fingerprint density at radius 2 is 1.55 bits per heavy atom. The fourth-order valence-electron chi connectivity index (χ4n) is 6.84. The van der Waals surface area contributed by atoms with Crippen LogP contribution in [0.5, 0.6) is 11.5 Å². The second-order valence-corrected chi connectivity index (χ2v) is 13.7. The molecule has 0 radical (unpaired) electrons. The van der Waals surface area contributed by atoms with Gasteiger partial charge in [-0.1, -0.05) is 60.9 Å². The Morgan fingerprint density at radius 1 is 0.932 bits per heavy atom. The predicted molar refractivity (Wildman–Crippen MR) is 176 cm³/mol. The van der Waals surface area contributed by atoms with Crippen molar-refractivity contribution in [2.75, 3.05) is 0 Å². The zero-order valence-corrected chi connectivity index (χ0v) is 27.7. The molecule has 3 rings (SSSR count). The minimum absolute atomic E-state index is 0.0228. The standard InChI is InChI=1S/C38H50O6/c1-23(2)11-9-13-26(7)14-16-28-22-29-34(42)32(33(41)27-15-17-30(39)31(40)21-27)36(44)38(35(29)43,20-18-25(5)6)37(28,8)19-10-12-24(3)4/h11-12,14-18,21,26,28-29,39-41H,9-10,13,19-20,22H2,1-8H3/b16-14-,33-32?/t26-,28-,29-,37+,38-/m1/s1. The molecular formula is C38H50O6. The normalized spacial score (nSPS) is 26.8. The highest BCUT2D eigenvalue weighted by molar-refractivity contribution is 6.40. The lowest BCUT2D eigenvalue weighted by Crippen LogP contribution is -2.65. The van der Waals surface area contributed by atoms with Crippen molar-refractivity contribution in [3.8, 4) is 11.5 Å². The van der Waals surface area contributed by atoms with E-state index in [0.717, 1.165) is 30.1 Å². The third-order valence-electron chi connectivity index (χ3n) is 9.56. The number of ketones is 3. The molecule has 6 heteroatoms. The summed E-state index contributed by atoms with van der Waals surface area (Å²) in [6, 6.07) is 3.64. The van der Waals surface area contributed by atoms with E-state index >= 15 is 0 Å². The number of carbonyl (C=O) groups excluding carboxylic acids is 3. The highest BCUT2D eigenvalue weighted by Gasteiger charge is 2.69. The molecular weight excluding hydrogens is 552 g/mol. The molecule has 238 valence electrons. The van der Waals surface area contributed by atoms with E-state index in [-0.39, 0.29) is 36.0 Å². The molecule has 2 aliphatic rings. The van der Waals surface area contributed by atoms with Gasteiger partial charge in [0.2, 0.25) is 0 Å². The summed E-state index contributed by atoms with van der Waals surface area (Å²) < 4.78 is 0. The first-order chi connectivity index (χ1) is 20.6. The molecule has 0 aliphatic heterocycles. The lowest BCUT2D eigenvalue weighted by molar-refractivity contribution is -0.167. The summed E-state index contributed by atoms with van der Waals surface area (Å²) in [4.78, 5) is 43.3. The van der Waals surface area contributed by atoms with E-state index in [2.05, 4.69) is 45.1 Å². The van der Waals surface area contributed by atoms with Gasteiger partial charge in [0.25, 0.3) is 0 Å². The molecule has 2 bridgehead atoms. The highest BCUT2D eigenvalue weighted by Crippen LogP contribution is 2.62. The fourth-order valence-corrected chi connectivity index (χ4v) is 6.84. The van der Waals surface area contributed by atoms with Gasteiger partial charge in [-0.05, 0) is 116 Å². The van der Waals surface area contributed by atoms with E-state index in [0.29, 0.717) is 12.8 Å². The number of rotatable bonds is 11. The van der Waals surface area contributed by atoms with E-state index < -0.39 is 51.1 Å². The van der Waals surface area contributed by atoms with Crippen molar-refractivity contribution in [3.05, 3.63) is 76.4 Å². The van der Waals surface area contributed by atoms with Crippen molar-refractivity contribution >= 4 is 23.1 Å². The van der Waals surface area contributed by atoms with Gasteiger partial charge in [0.05, 0.1) is 5.92 Å². The van der Waals surface area contributed by atoms with Crippen LogP contribution in [0, 0.1) is 28.6 Å². The average molecular weight is 603 g/mol.